The molecular weight excluding hydrogens is 268 g/mol. The number of nitrogens with one attached hydrogen (secondary N) is 1. The number of carbonyl (C=O) groups excluding carboxylic acids is 1. The van der Waals surface area contributed by atoms with Crippen molar-refractivity contribution in [3.8, 4) is 0 Å². The average molecular weight is 292 g/mol. The number of aromatic nitrogens is 2. The molecule has 0 saturated carbocycles. The van der Waals surface area contributed by atoms with Crippen LogP contribution in [-0.4, -0.2) is 66.3 Å². The van der Waals surface area contributed by atoms with E-state index in [1.54, 1.807) is 13.1 Å². The molecule has 7 nitrogen and oxygen atoms in total. The maximum absolute atomic E-state index is 11.4. The minimum atomic E-state index is -0.219. The van der Waals surface area contributed by atoms with E-state index in [-0.39, 0.29) is 11.4 Å². The molecule has 3 N–H and O–H groups in total. The lowest BCUT2D eigenvalue weighted by Crippen LogP contribution is -2.57. The molecule has 0 spiro atoms. The number of carbonyl (C=O) groups is 1. The predicted octanol–water partition coefficient (Wildman–Crippen LogP) is -0.304. The van der Waals surface area contributed by atoms with E-state index in [4.69, 9.17) is 5.73 Å². The summed E-state index contributed by atoms with van der Waals surface area (Å²) in [6.07, 6.45) is 0. The van der Waals surface area contributed by atoms with Crippen LogP contribution in [0.2, 0.25) is 0 Å². The highest BCUT2D eigenvalue weighted by Gasteiger charge is 2.29. The number of hydrogen-bond donors (Lipinski definition) is 2. The van der Waals surface area contributed by atoms with Crippen LogP contribution in [0.1, 0.15) is 24.3 Å². The summed E-state index contributed by atoms with van der Waals surface area (Å²) in [6.45, 7) is 8.65. The molecule has 0 unspecified atom stereocenters. The van der Waals surface area contributed by atoms with Crippen LogP contribution < -0.4 is 16.0 Å². The smallest absolute Gasteiger partial charge is 0.271 e. The third-order valence-corrected chi connectivity index (χ3v) is 4.07. The Bertz CT molecular complexity index is 479. The molecule has 1 amide bonds. The fourth-order valence-corrected chi connectivity index (χ4v) is 2.41. The molecule has 21 heavy (non-hydrogen) atoms. The second kappa shape index (κ2) is 6.36. The molecular formula is C14H24N6O. The molecule has 1 aromatic rings. The van der Waals surface area contributed by atoms with Crippen molar-refractivity contribution >= 4 is 11.7 Å². The summed E-state index contributed by atoms with van der Waals surface area (Å²) < 4.78 is 0. The van der Waals surface area contributed by atoms with Crippen LogP contribution in [0.25, 0.3) is 0 Å². The molecule has 7 heteroatoms. The fourth-order valence-electron chi connectivity index (χ4n) is 2.41. The maximum Gasteiger partial charge on any atom is 0.271 e. The van der Waals surface area contributed by atoms with E-state index in [1.807, 2.05) is 6.07 Å². The van der Waals surface area contributed by atoms with Gasteiger partial charge in [-0.3, -0.25) is 9.69 Å². The highest BCUT2D eigenvalue weighted by atomic mass is 16.1. The van der Waals surface area contributed by atoms with Crippen molar-refractivity contribution in [1.29, 1.82) is 0 Å². The van der Waals surface area contributed by atoms with Crippen molar-refractivity contribution in [1.82, 2.24) is 20.4 Å². The molecule has 1 fully saturated rings. The van der Waals surface area contributed by atoms with Gasteiger partial charge in [-0.2, -0.15) is 0 Å². The van der Waals surface area contributed by atoms with Gasteiger partial charge in [-0.1, -0.05) is 0 Å². The van der Waals surface area contributed by atoms with Crippen molar-refractivity contribution in [2.24, 2.45) is 5.73 Å². The minimum absolute atomic E-state index is 0.0286. The van der Waals surface area contributed by atoms with Gasteiger partial charge in [-0.15, -0.1) is 10.2 Å². The first-order valence-electron chi connectivity index (χ1n) is 7.24. The summed E-state index contributed by atoms with van der Waals surface area (Å²) in [5.41, 5.74) is 6.19. The Kier molecular flexibility index (Phi) is 4.74. The number of piperazine rings is 1. The number of nitrogens with zero attached hydrogens (tertiary/aromatic N) is 4. The normalized spacial score (nSPS) is 16.9. The van der Waals surface area contributed by atoms with Gasteiger partial charge >= 0.3 is 0 Å². The van der Waals surface area contributed by atoms with E-state index in [0.717, 1.165) is 32.0 Å². The van der Waals surface area contributed by atoms with Gasteiger partial charge in [0.1, 0.15) is 0 Å². The maximum atomic E-state index is 11.4. The van der Waals surface area contributed by atoms with Crippen LogP contribution in [0.3, 0.4) is 0 Å². The summed E-state index contributed by atoms with van der Waals surface area (Å²) >= 11 is 0. The first-order chi connectivity index (χ1) is 9.97. The first-order valence-corrected chi connectivity index (χ1v) is 7.24. The summed E-state index contributed by atoms with van der Waals surface area (Å²) in [6, 6.07) is 3.55. The third-order valence-electron chi connectivity index (χ3n) is 4.07. The SMILES string of the molecule is CNC(=O)c1ccc(N2CCN(C(C)(C)CN)CC2)nn1. The molecule has 1 saturated heterocycles. The minimum Gasteiger partial charge on any atom is -0.354 e. The summed E-state index contributed by atoms with van der Waals surface area (Å²) in [5, 5.41) is 10.7. The number of anilines is 1. The standard InChI is InChI=1S/C14H24N6O/c1-14(2,10-15)20-8-6-19(7-9-20)12-5-4-11(17-18-12)13(21)16-3/h4-5H,6-10,15H2,1-3H3,(H,16,21). The van der Waals surface area contributed by atoms with E-state index in [2.05, 4.69) is 39.2 Å². The summed E-state index contributed by atoms with van der Waals surface area (Å²) in [5.74, 6) is 0.594. The van der Waals surface area contributed by atoms with E-state index >= 15 is 0 Å². The average Bonchev–Trinajstić information content (AvgIpc) is 2.54. The molecule has 0 aromatic carbocycles. The Morgan fingerprint density at radius 3 is 2.43 bits per heavy atom. The van der Waals surface area contributed by atoms with Crippen LogP contribution in [0.4, 0.5) is 5.82 Å². The topological polar surface area (TPSA) is 87.4 Å². The molecule has 116 valence electrons. The van der Waals surface area contributed by atoms with Crippen molar-refractivity contribution < 1.29 is 4.79 Å². The second-order valence-corrected chi connectivity index (χ2v) is 5.85. The van der Waals surface area contributed by atoms with Gasteiger partial charge in [-0.05, 0) is 26.0 Å². The van der Waals surface area contributed by atoms with E-state index < -0.39 is 0 Å². The van der Waals surface area contributed by atoms with Crippen molar-refractivity contribution in [2.45, 2.75) is 19.4 Å². The Hall–Kier alpha value is -1.73. The molecule has 2 rings (SSSR count). The molecule has 0 aliphatic carbocycles. The highest BCUT2D eigenvalue weighted by molar-refractivity contribution is 5.91. The Balaban J connectivity index is 1.98. The van der Waals surface area contributed by atoms with Gasteiger partial charge in [0, 0.05) is 45.3 Å². The lowest BCUT2D eigenvalue weighted by atomic mass is 10.0. The number of hydrogen-bond acceptors (Lipinski definition) is 6. The zero-order valence-electron chi connectivity index (χ0n) is 13.0. The Morgan fingerprint density at radius 2 is 1.95 bits per heavy atom. The molecule has 1 aromatic heterocycles. The Labute approximate surface area is 125 Å². The monoisotopic (exact) mass is 292 g/mol. The quantitative estimate of drug-likeness (QED) is 0.792. The zero-order valence-corrected chi connectivity index (χ0v) is 13.0. The molecule has 1 aliphatic rings. The van der Waals surface area contributed by atoms with Crippen LogP contribution in [-0.2, 0) is 0 Å². The van der Waals surface area contributed by atoms with Crippen LogP contribution in [0.5, 0.6) is 0 Å². The van der Waals surface area contributed by atoms with E-state index in [1.165, 1.54) is 0 Å². The van der Waals surface area contributed by atoms with Crippen molar-refractivity contribution in [3.05, 3.63) is 17.8 Å². The van der Waals surface area contributed by atoms with E-state index in [9.17, 15) is 4.79 Å². The van der Waals surface area contributed by atoms with Crippen LogP contribution in [0, 0.1) is 0 Å². The molecule has 1 aliphatic heterocycles. The lowest BCUT2D eigenvalue weighted by Gasteiger charge is -2.43. The number of nitrogens with two attached hydrogens (primary N) is 1. The lowest BCUT2D eigenvalue weighted by molar-refractivity contribution is 0.0957. The fraction of sp³-hybridized carbons (Fsp3) is 0.643. The van der Waals surface area contributed by atoms with Gasteiger partial charge in [-0.25, -0.2) is 0 Å². The van der Waals surface area contributed by atoms with Gasteiger partial charge < -0.3 is 16.0 Å². The Morgan fingerprint density at radius 1 is 1.29 bits per heavy atom. The molecule has 0 atom stereocenters. The zero-order chi connectivity index (χ0) is 15.5. The summed E-state index contributed by atoms with van der Waals surface area (Å²) in [7, 11) is 1.58. The summed E-state index contributed by atoms with van der Waals surface area (Å²) in [4.78, 5) is 16.0. The largest absolute Gasteiger partial charge is 0.354 e. The first kappa shape index (κ1) is 15.7. The van der Waals surface area contributed by atoms with Crippen molar-refractivity contribution in [3.63, 3.8) is 0 Å². The van der Waals surface area contributed by atoms with Gasteiger partial charge in [0.2, 0.25) is 0 Å². The van der Waals surface area contributed by atoms with Gasteiger partial charge in [0.15, 0.2) is 11.5 Å². The van der Waals surface area contributed by atoms with E-state index in [0.29, 0.717) is 12.2 Å². The second-order valence-electron chi connectivity index (χ2n) is 5.85. The molecule has 0 radical (unpaired) electrons. The van der Waals surface area contributed by atoms with Crippen LogP contribution >= 0.6 is 0 Å². The van der Waals surface area contributed by atoms with Gasteiger partial charge in [0.05, 0.1) is 0 Å². The number of rotatable bonds is 4. The predicted molar refractivity (Wildman–Crippen MR) is 82.3 cm³/mol. The number of amides is 1. The molecule has 2 heterocycles. The highest BCUT2D eigenvalue weighted by Crippen LogP contribution is 2.18. The van der Waals surface area contributed by atoms with Crippen molar-refractivity contribution in [2.75, 3.05) is 44.7 Å². The van der Waals surface area contributed by atoms with Gasteiger partial charge in [0.25, 0.3) is 5.91 Å². The van der Waals surface area contributed by atoms with Crippen LogP contribution in [0.15, 0.2) is 12.1 Å². The third kappa shape index (κ3) is 3.48. The molecule has 0 bridgehead atoms.